The fourth-order valence-electron chi connectivity index (χ4n) is 5.80. The zero-order valence-electron chi connectivity index (χ0n) is 18.7. The van der Waals surface area contributed by atoms with Gasteiger partial charge in [0, 0.05) is 43.8 Å². The average Bonchev–Trinajstić information content (AvgIpc) is 3.38. The number of aromatic amines is 1. The van der Waals surface area contributed by atoms with Crippen LogP contribution in [0.2, 0.25) is 0 Å². The molecule has 8 nitrogen and oxygen atoms in total. The van der Waals surface area contributed by atoms with Crippen molar-refractivity contribution >= 4 is 15.9 Å². The van der Waals surface area contributed by atoms with Gasteiger partial charge in [-0.1, -0.05) is 6.07 Å². The van der Waals surface area contributed by atoms with Crippen molar-refractivity contribution in [1.82, 2.24) is 25.0 Å². The van der Waals surface area contributed by atoms with Crippen LogP contribution in [-0.2, 0) is 22.4 Å². The van der Waals surface area contributed by atoms with Crippen molar-refractivity contribution in [3.05, 3.63) is 41.5 Å². The Balaban J connectivity index is 1.14. The Morgan fingerprint density at radius 3 is 2.59 bits per heavy atom. The number of nitrogens with one attached hydrogen (secondary N) is 1. The van der Waals surface area contributed by atoms with Crippen LogP contribution in [0.3, 0.4) is 0 Å². The second-order valence-corrected chi connectivity index (χ2v) is 12.0. The lowest BCUT2D eigenvalue weighted by molar-refractivity contribution is -0.139. The molecule has 1 saturated carbocycles. The topological polar surface area (TPSA) is 99.3 Å². The van der Waals surface area contributed by atoms with Gasteiger partial charge in [0.1, 0.15) is 12.2 Å². The first-order valence-corrected chi connectivity index (χ1v) is 13.1. The smallest absolute Gasteiger partial charge is 0.324 e. The minimum atomic E-state index is -4.72. The Labute approximate surface area is 195 Å². The highest BCUT2D eigenvalue weighted by molar-refractivity contribution is 7.90. The van der Waals surface area contributed by atoms with Crippen LogP contribution in [0, 0.1) is 11.3 Å². The summed E-state index contributed by atoms with van der Waals surface area (Å²) in [4.78, 5) is 20.1. The van der Waals surface area contributed by atoms with E-state index in [1.54, 1.807) is 0 Å². The van der Waals surface area contributed by atoms with Crippen molar-refractivity contribution in [1.29, 1.82) is 0 Å². The number of hydrogen-bond acceptors (Lipinski definition) is 5. The lowest BCUT2D eigenvalue weighted by Crippen LogP contribution is -2.65. The van der Waals surface area contributed by atoms with Gasteiger partial charge in [-0.3, -0.25) is 5.10 Å². The first-order chi connectivity index (χ1) is 15.9. The number of nitrogens with zero attached hydrogens (tertiary/aromatic N) is 4. The van der Waals surface area contributed by atoms with E-state index in [4.69, 9.17) is 0 Å². The van der Waals surface area contributed by atoms with Gasteiger partial charge in [-0.2, -0.15) is 18.3 Å². The van der Waals surface area contributed by atoms with Crippen molar-refractivity contribution in [3.8, 4) is 0 Å². The number of H-pyrrole nitrogens is 1. The van der Waals surface area contributed by atoms with Crippen molar-refractivity contribution < 1.29 is 26.4 Å². The summed E-state index contributed by atoms with van der Waals surface area (Å²) in [5, 5.41) is 6.75. The largest absolute Gasteiger partial charge is 0.417 e. The molecule has 1 spiro atoms. The third-order valence-electron chi connectivity index (χ3n) is 7.32. The van der Waals surface area contributed by atoms with Gasteiger partial charge in [0.05, 0.1) is 10.5 Å². The Kier molecular flexibility index (Phi) is 5.41. The monoisotopic (exact) mass is 497 g/mol. The number of aromatic nitrogens is 3. The molecular weight excluding hydrogens is 471 g/mol. The number of sulfone groups is 1. The van der Waals surface area contributed by atoms with Crippen molar-refractivity contribution in [2.75, 3.05) is 32.4 Å². The molecule has 2 amide bonds. The molecular formula is C22H26F3N5O3S. The zero-order chi connectivity index (χ0) is 24.3. The van der Waals surface area contributed by atoms with E-state index in [2.05, 4.69) is 15.2 Å². The summed E-state index contributed by atoms with van der Waals surface area (Å²) in [6, 6.07) is 3.44. The summed E-state index contributed by atoms with van der Waals surface area (Å²) in [7, 11) is -4.00. The number of amides is 2. The highest BCUT2D eigenvalue weighted by Gasteiger charge is 2.54. The number of halogens is 3. The maximum atomic E-state index is 13.2. The number of rotatable bonds is 4. The number of urea groups is 1. The SMILES string of the molecule is CS(=O)(=O)c1cc(CC2CC3(C2)CN(C(=O)N2CC[C@H](c4ncn[nH]4)C2)C3)ccc1C(F)(F)F. The summed E-state index contributed by atoms with van der Waals surface area (Å²) in [6.07, 6.45) is 0.696. The minimum absolute atomic E-state index is 0.0385. The molecule has 2 aliphatic heterocycles. The second kappa shape index (κ2) is 7.96. The molecule has 184 valence electrons. The fraction of sp³-hybridized carbons (Fsp3) is 0.591. The summed E-state index contributed by atoms with van der Waals surface area (Å²) in [6.45, 7) is 2.68. The maximum absolute atomic E-state index is 13.2. The van der Waals surface area contributed by atoms with E-state index in [0.717, 1.165) is 43.5 Å². The van der Waals surface area contributed by atoms with E-state index >= 15 is 0 Å². The normalized spacial score (nSPS) is 22.6. The molecule has 0 radical (unpaired) electrons. The molecule has 1 aromatic heterocycles. The predicted molar refractivity (Wildman–Crippen MR) is 116 cm³/mol. The van der Waals surface area contributed by atoms with Crippen molar-refractivity contribution in [2.45, 2.75) is 42.7 Å². The molecule has 1 aromatic carbocycles. The number of hydrogen-bond donors (Lipinski definition) is 1. The zero-order valence-corrected chi connectivity index (χ0v) is 19.5. The van der Waals surface area contributed by atoms with E-state index in [1.807, 2.05) is 9.80 Å². The van der Waals surface area contributed by atoms with Crippen LogP contribution in [0.1, 0.15) is 42.1 Å². The van der Waals surface area contributed by atoms with Gasteiger partial charge in [-0.25, -0.2) is 18.2 Å². The van der Waals surface area contributed by atoms with Gasteiger partial charge >= 0.3 is 12.2 Å². The van der Waals surface area contributed by atoms with Crippen LogP contribution < -0.4 is 0 Å². The van der Waals surface area contributed by atoms with Gasteiger partial charge in [0.25, 0.3) is 0 Å². The lowest BCUT2D eigenvalue weighted by atomic mass is 9.56. The molecule has 5 rings (SSSR count). The molecule has 2 aromatic rings. The molecule has 3 aliphatic rings. The van der Waals surface area contributed by atoms with E-state index in [1.165, 1.54) is 12.4 Å². The summed E-state index contributed by atoms with van der Waals surface area (Å²) in [5.41, 5.74) is -0.448. The van der Waals surface area contributed by atoms with E-state index in [9.17, 15) is 26.4 Å². The average molecular weight is 498 g/mol. The standard InChI is InChI=1S/C22H26F3N5O3S/c1-34(32,33)18-7-14(2-3-17(18)22(23,24)25)6-15-8-21(9-15)11-30(12-21)20(31)29-5-4-16(10-29)19-26-13-27-28-19/h2-3,7,13,15-16H,4-6,8-12H2,1H3,(H,26,27,28)/t16-/m0/s1. The van der Waals surface area contributed by atoms with Crippen LogP contribution in [-0.4, -0.2) is 71.9 Å². The molecule has 3 heterocycles. The number of alkyl halides is 3. The molecule has 0 bridgehead atoms. The third kappa shape index (κ3) is 4.27. The minimum Gasteiger partial charge on any atom is -0.324 e. The molecule has 2 saturated heterocycles. The van der Waals surface area contributed by atoms with Gasteiger partial charge < -0.3 is 9.80 Å². The summed E-state index contributed by atoms with van der Waals surface area (Å²) < 4.78 is 63.5. The van der Waals surface area contributed by atoms with Crippen LogP contribution in [0.4, 0.5) is 18.0 Å². The number of carbonyl (C=O) groups is 1. The predicted octanol–water partition coefficient (Wildman–Crippen LogP) is 3.09. The number of likely N-dealkylation sites (tertiary alicyclic amines) is 2. The third-order valence-corrected chi connectivity index (χ3v) is 8.46. The van der Waals surface area contributed by atoms with Crippen LogP contribution in [0.25, 0.3) is 0 Å². The summed E-state index contributed by atoms with van der Waals surface area (Å²) in [5.74, 6) is 1.25. The fourth-order valence-corrected chi connectivity index (χ4v) is 6.75. The van der Waals surface area contributed by atoms with E-state index < -0.39 is 26.5 Å². The number of benzene rings is 1. The van der Waals surface area contributed by atoms with E-state index in [-0.39, 0.29) is 23.3 Å². The van der Waals surface area contributed by atoms with Gasteiger partial charge in [0.2, 0.25) is 0 Å². The quantitative estimate of drug-likeness (QED) is 0.700. The molecule has 1 N–H and O–H groups in total. The Hall–Kier alpha value is -2.63. The molecule has 1 aliphatic carbocycles. The molecule has 1 atom stereocenters. The van der Waals surface area contributed by atoms with Gasteiger partial charge in [0.15, 0.2) is 9.84 Å². The second-order valence-electron chi connectivity index (χ2n) is 10.0. The Bertz CT molecular complexity index is 1180. The van der Waals surface area contributed by atoms with Crippen molar-refractivity contribution in [2.24, 2.45) is 11.3 Å². The highest BCUT2D eigenvalue weighted by atomic mass is 32.2. The first kappa shape index (κ1) is 23.1. The molecule has 12 heteroatoms. The summed E-state index contributed by atoms with van der Waals surface area (Å²) >= 11 is 0. The molecule has 3 fully saturated rings. The molecule has 0 unspecified atom stereocenters. The van der Waals surface area contributed by atoms with E-state index in [0.29, 0.717) is 38.2 Å². The Morgan fingerprint density at radius 2 is 1.97 bits per heavy atom. The lowest BCUT2D eigenvalue weighted by Gasteiger charge is -2.59. The van der Waals surface area contributed by atoms with Crippen LogP contribution in [0.15, 0.2) is 29.4 Å². The highest BCUT2D eigenvalue weighted by Crippen LogP contribution is 2.53. The van der Waals surface area contributed by atoms with Gasteiger partial charge in [-0.05, 0) is 49.3 Å². The van der Waals surface area contributed by atoms with Crippen LogP contribution in [0.5, 0.6) is 0 Å². The van der Waals surface area contributed by atoms with Crippen molar-refractivity contribution in [3.63, 3.8) is 0 Å². The first-order valence-electron chi connectivity index (χ1n) is 11.2. The number of carbonyl (C=O) groups excluding carboxylic acids is 1. The van der Waals surface area contributed by atoms with Gasteiger partial charge in [-0.15, -0.1) is 0 Å². The Morgan fingerprint density at radius 1 is 1.24 bits per heavy atom. The van der Waals surface area contributed by atoms with Crippen LogP contribution >= 0.6 is 0 Å². The molecule has 34 heavy (non-hydrogen) atoms. The maximum Gasteiger partial charge on any atom is 0.417 e.